The van der Waals surface area contributed by atoms with Crippen LogP contribution in [-0.4, -0.2) is 77.9 Å². The number of ether oxygens (including phenoxy) is 1. The third-order valence-electron chi connectivity index (χ3n) is 5.36. The minimum atomic E-state index is -0.572. The van der Waals surface area contributed by atoms with Crippen molar-refractivity contribution in [2.45, 2.75) is 13.0 Å². The summed E-state index contributed by atoms with van der Waals surface area (Å²) < 4.78 is 10.8. The highest BCUT2D eigenvalue weighted by atomic mass is 16.5. The molecule has 8 nitrogen and oxygen atoms in total. The molecular formula is C23H28N4O4. The number of hydrogen-bond acceptors (Lipinski definition) is 7. The summed E-state index contributed by atoms with van der Waals surface area (Å²) >= 11 is 0. The Hall–Kier alpha value is -2.94. The van der Waals surface area contributed by atoms with Crippen LogP contribution in [0.2, 0.25) is 0 Å². The molecule has 1 aromatic heterocycles. The number of amides is 1. The van der Waals surface area contributed by atoms with E-state index in [1.807, 2.05) is 36.4 Å². The van der Waals surface area contributed by atoms with Crippen LogP contribution in [-0.2, 0) is 4.79 Å². The van der Waals surface area contributed by atoms with Crippen molar-refractivity contribution < 1.29 is 19.2 Å². The fourth-order valence-electron chi connectivity index (χ4n) is 3.74. The van der Waals surface area contributed by atoms with Gasteiger partial charge in [0.2, 0.25) is 5.91 Å². The van der Waals surface area contributed by atoms with Crippen LogP contribution in [0.3, 0.4) is 0 Å². The molecule has 2 N–H and O–H groups in total. The van der Waals surface area contributed by atoms with E-state index >= 15 is 0 Å². The molecule has 31 heavy (non-hydrogen) atoms. The highest BCUT2D eigenvalue weighted by Crippen LogP contribution is 2.20. The minimum absolute atomic E-state index is 0.106. The number of carbonyl (C=O) groups is 1. The number of aryl methyl sites for hydroxylation is 1. The van der Waals surface area contributed by atoms with Crippen molar-refractivity contribution in [2.24, 2.45) is 0 Å². The van der Waals surface area contributed by atoms with E-state index in [-0.39, 0.29) is 12.5 Å². The van der Waals surface area contributed by atoms with E-state index in [9.17, 15) is 9.90 Å². The van der Waals surface area contributed by atoms with Crippen molar-refractivity contribution in [1.29, 1.82) is 0 Å². The van der Waals surface area contributed by atoms with Crippen LogP contribution in [0.25, 0.3) is 10.8 Å². The first-order chi connectivity index (χ1) is 15.0. The van der Waals surface area contributed by atoms with Crippen LogP contribution in [0.15, 0.2) is 53.1 Å². The SMILES string of the molecule is Cc1cc(NC(=O)CN2CCN(C[C@@H](O)COc3ccc4ccccc4c3)CC2)no1. The first-order valence-electron chi connectivity index (χ1n) is 10.5. The second kappa shape index (κ2) is 9.91. The Bertz CT molecular complexity index is 1010. The van der Waals surface area contributed by atoms with Gasteiger partial charge in [0.25, 0.3) is 0 Å². The number of β-amino-alcohol motifs (C(OH)–C–C–N with tert-alkyl or cyclic N) is 1. The molecule has 0 bridgehead atoms. The van der Waals surface area contributed by atoms with E-state index in [0.29, 0.717) is 24.7 Å². The van der Waals surface area contributed by atoms with Gasteiger partial charge >= 0.3 is 0 Å². The third-order valence-corrected chi connectivity index (χ3v) is 5.36. The van der Waals surface area contributed by atoms with Crippen LogP contribution in [0.1, 0.15) is 5.76 Å². The fourth-order valence-corrected chi connectivity index (χ4v) is 3.74. The van der Waals surface area contributed by atoms with Crippen LogP contribution in [0.4, 0.5) is 5.82 Å². The lowest BCUT2D eigenvalue weighted by molar-refractivity contribution is -0.117. The average Bonchev–Trinajstić information content (AvgIpc) is 3.18. The largest absolute Gasteiger partial charge is 0.491 e. The normalized spacial score (nSPS) is 16.3. The summed E-state index contributed by atoms with van der Waals surface area (Å²) in [5.41, 5.74) is 0. The molecule has 0 unspecified atom stereocenters. The molecule has 1 amide bonds. The molecule has 1 aliphatic heterocycles. The number of aliphatic hydroxyl groups is 1. The zero-order valence-electron chi connectivity index (χ0n) is 17.7. The summed E-state index contributed by atoms with van der Waals surface area (Å²) in [7, 11) is 0. The summed E-state index contributed by atoms with van der Waals surface area (Å²) in [6.07, 6.45) is -0.572. The smallest absolute Gasteiger partial charge is 0.239 e. The summed E-state index contributed by atoms with van der Waals surface area (Å²) in [5, 5.41) is 19.2. The lowest BCUT2D eigenvalue weighted by atomic mass is 10.1. The number of anilines is 1. The summed E-state index contributed by atoms with van der Waals surface area (Å²) in [6, 6.07) is 15.8. The molecule has 4 rings (SSSR count). The molecule has 3 aromatic rings. The van der Waals surface area contributed by atoms with Gasteiger partial charge < -0.3 is 19.7 Å². The molecule has 1 fully saturated rings. The predicted molar refractivity (Wildman–Crippen MR) is 118 cm³/mol. The second-order valence-corrected chi connectivity index (χ2v) is 7.92. The highest BCUT2D eigenvalue weighted by molar-refractivity contribution is 5.91. The molecule has 164 valence electrons. The van der Waals surface area contributed by atoms with Gasteiger partial charge in [0, 0.05) is 38.8 Å². The fraction of sp³-hybridized carbons (Fsp3) is 0.391. The summed E-state index contributed by atoms with van der Waals surface area (Å²) in [6.45, 7) is 6.01. The lowest BCUT2D eigenvalue weighted by Crippen LogP contribution is -2.50. The van der Waals surface area contributed by atoms with Gasteiger partial charge in [-0.2, -0.15) is 0 Å². The summed E-state index contributed by atoms with van der Waals surface area (Å²) in [4.78, 5) is 16.4. The number of aromatic nitrogens is 1. The summed E-state index contributed by atoms with van der Waals surface area (Å²) in [5.74, 6) is 1.75. The number of hydrogen-bond donors (Lipinski definition) is 2. The van der Waals surface area contributed by atoms with Crippen LogP contribution < -0.4 is 10.1 Å². The number of piperazine rings is 1. The van der Waals surface area contributed by atoms with Gasteiger partial charge in [-0.15, -0.1) is 0 Å². The Morgan fingerprint density at radius 3 is 2.61 bits per heavy atom. The number of benzene rings is 2. The quantitative estimate of drug-likeness (QED) is 0.572. The zero-order chi connectivity index (χ0) is 21.6. The number of carbonyl (C=O) groups excluding carboxylic acids is 1. The van der Waals surface area contributed by atoms with Gasteiger partial charge in [0.15, 0.2) is 5.82 Å². The van der Waals surface area contributed by atoms with Crippen molar-refractivity contribution in [2.75, 3.05) is 51.2 Å². The predicted octanol–water partition coefficient (Wildman–Crippen LogP) is 2.13. The van der Waals surface area contributed by atoms with Gasteiger partial charge in [-0.3, -0.25) is 14.6 Å². The van der Waals surface area contributed by atoms with Gasteiger partial charge in [-0.25, -0.2) is 0 Å². The van der Waals surface area contributed by atoms with E-state index in [1.165, 1.54) is 0 Å². The van der Waals surface area contributed by atoms with Crippen molar-refractivity contribution in [3.8, 4) is 5.75 Å². The van der Waals surface area contributed by atoms with E-state index in [2.05, 4.69) is 26.3 Å². The van der Waals surface area contributed by atoms with Crippen LogP contribution in [0.5, 0.6) is 5.75 Å². The van der Waals surface area contributed by atoms with Crippen LogP contribution >= 0.6 is 0 Å². The Kier molecular flexibility index (Phi) is 6.81. The maximum absolute atomic E-state index is 12.1. The molecular weight excluding hydrogens is 396 g/mol. The lowest BCUT2D eigenvalue weighted by Gasteiger charge is -2.35. The monoisotopic (exact) mass is 424 g/mol. The van der Waals surface area contributed by atoms with E-state index in [0.717, 1.165) is 42.7 Å². The van der Waals surface area contributed by atoms with Gasteiger partial charge in [-0.05, 0) is 29.8 Å². The minimum Gasteiger partial charge on any atom is -0.491 e. The molecule has 0 saturated carbocycles. The second-order valence-electron chi connectivity index (χ2n) is 7.92. The van der Waals surface area contributed by atoms with E-state index < -0.39 is 6.10 Å². The molecule has 1 aliphatic rings. The Morgan fingerprint density at radius 1 is 1.13 bits per heavy atom. The van der Waals surface area contributed by atoms with Crippen molar-refractivity contribution >= 4 is 22.5 Å². The number of aliphatic hydroxyl groups excluding tert-OH is 1. The average molecular weight is 425 g/mol. The Balaban J connectivity index is 1.16. The molecule has 2 aromatic carbocycles. The first-order valence-corrected chi connectivity index (χ1v) is 10.5. The van der Waals surface area contributed by atoms with Crippen molar-refractivity contribution in [1.82, 2.24) is 15.0 Å². The maximum atomic E-state index is 12.1. The number of fused-ring (bicyclic) bond motifs is 1. The number of nitrogens with one attached hydrogen (secondary N) is 1. The highest BCUT2D eigenvalue weighted by Gasteiger charge is 2.21. The number of rotatable bonds is 8. The number of nitrogens with zero attached hydrogens (tertiary/aromatic N) is 3. The Morgan fingerprint density at radius 2 is 1.87 bits per heavy atom. The van der Waals surface area contributed by atoms with Crippen molar-refractivity contribution in [3.05, 3.63) is 54.3 Å². The van der Waals surface area contributed by atoms with Gasteiger partial charge in [0.1, 0.15) is 24.2 Å². The van der Waals surface area contributed by atoms with Gasteiger partial charge in [0.05, 0.1) is 6.54 Å². The van der Waals surface area contributed by atoms with Gasteiger partial charge in [-0.1, -0.05) is 35.5 Å². The van der Waals surface area contributed by atoms with Crippen molar-refractivity contribution in [3.63, 3.8) is 0 Å². The van der Waals surface area contributed by atoms with E-state index in [1.54, 1.807) is 13.0 Å². The molecule has 0 radical (unpaired) electrons. The Labute approximate surface area is 181 Å². The van der Waals surface area contributed by atoms with Crippen LogP contribution in [0, 0.1) is 6.92 Å². The third kappa shape index (κ3) is 6.04. The standard InChI is InChI=1S/C23H28N4O4/c1-17-12-22(25-31-17)24-23(29)15-27-10-8-26(9-11-27)14-20(28)16-30-21-7-6-18-4-2-3-5-19(18)13-21/h2-7,12-13,20,28H,8-11,14-16H2,1H3,(H,24,25,29)/t20-/m1/s1. The van der Waals surface area contributed by atoms with E-state index in [4.69, 9.17) is 9.26 Å². The molecule has 1 saturated heterocycles. The molecule has 8 heteroatoms. The molecule has 2 heterocycles. The maximum Gasteiger partial charge on any atom is 0.239 e. The molecule has 0 aliphatic carbocycles. The molecule has 1 atom stereocenters. The topological polar surface area (TPSA) is 91.1 Å². The first kappa shape index (κ1) is 21.3. The zero-order valence-corrected chi connectivity index (χ0v) is 17.7. The molecule has 0 spiro atoms.